The maximum atomic E-state index is 12.6. The third-order valence-corrected chi connectivity index (χ3v) is 4.86. The molecule has 0 bridgehead atoms. The average Bonchev–Trinajstić information content (AvgIpc) is 3.15. The second-order valence-electron chi connectivity index (χ2n) is 6.54. The van der Waals surface area contributed by atoms with E-state index in [0.29, 0.717) is 23.1 Å². The first-order valence-corrected chi connectivity index (χ1v) is 9.57. The SMILES string of the molecule is CCOc1ccc(-c2nonc2NC(=O)[C@H](C)Oc2cc(C)c(Cl)c(C)c2)cc1. The van der Waals surface area contributed by atoms with Crippen molar-refractivity contribution in [3.63, 3.8) is 0 Å². The minimum Gasteiger partial charge on any atom is -0.494 e. The summed E-state index contributed by atoms with van der Waals surface area (Å²) in [6.07, 6.45) is -0.764. The number of carbonyl (C=O) groups excluding carboxylic acids is 1. The number of aromatic nitrogens is 2. The van der Waals surface area contributed by atoms with Crippen molar-refractivity contribution in [2.75, 3.05) is 11.9 Å². The summed E-state index contributed by atoms with van der Waals surface area (Å²) in [5.41, 5.74) is 2.93. The molecule has 0 unspecified atom stereocenters. The Morgan fingerprint density at radius 3 is 2.41 bits per heavy atom. The highest BCUT2D eigenvalue weighted by atomic mass is 35.5. The van der Waals surface area contributed by atoms with Crippen LogP contribution < -0.4 is 14.8 Å². The normalized spacial score (nSPS) is 11.8. The molecule has 0 spiro atoms. The van der Waals surface area contributed by atoms with E-state index in [1.165, 1.54) is 0 Å². The van der Waals surface area contributed by atoms with E-state index in [2.05, 4.69) is 15.6 Å². The van der Waals surface area contributed by atoms with Gasteiger partial charge < -0.3 is 14.8 Å². The average molecular weight is 416 g/mol. The van der Waals surface area contributed by atoms with E-state index in [9.17, 15) is 4.79 Å². The Morgan fingerprint density at radius 1 is 1.14 bits per heavy atom. The number of nitrogens with zero attached hydrogens (tertiary/aromatic N) is 2. The molecule has 1 amide bonds. The van der Waals surface area contributed by atoms with Crippen molar-refractivity contribution >= 4 is 23.3 Å². The highest BCUT2D eigenvalue weighted by molar-refractivity contribution is 6.32. The second kappa shape index (κ2) is 8.96. The summed E-state index contributed by atoms with van der Waals surface area (Å²) in [5.74, 6) is 1.15. The molecule has 0 fully saturated rings. The number of ether oxygens (including phenoxy) is 2. The predicted octanol–water partition coefficient (Wildman–Crippen LogP) is 4.81. The number of anilines is 1. The Balaban J connectivity index is 1.70. The van der Waals surface area contributed by atoms with Gasteiger partial charge in [0.05, 0.1) is 6.61 Å². The molecule has 8 heteroatoms. The lowest BCUT2D eigenvalue weighted by molar-refractivity contribution is -0.122. The molecule has 1 atom stereocenters. The molecule has 152 valence electrons. The van der Waals surface area contributed by atoms with Gasteiger partial charge in [-0.25, -0.2) is 4.63 Å². The molecule has 0 saturated carbocycles. The van der Waals surface area contributed by atoms with E-state index in [1.807, 2.05) is 45.0 Å². The van der Waals surface area contributed by atoms with Crippen LogP contribution in [0.3, 0.4) is 0 Å². The van der Waals surface area contributed by atoms with Crippen molar-refractivity contribution in [1.82, 2.24) is 10.3 Å². The summed E-state index contributed by atoms with van der Waals surface area (Å²) >= 11 is 6.18. The summed E-state index contributed by atoms with van der Waals surface area (Å²) < 4.78 is 16.0. The lowest BCUT2D eigenvalue weighted by Crippen LogP contribution is -2.30. The first kappa shape index (κ1) is 20.7. The van der Waals surface area contributed by atoms with Gasteiger partial charge in [-0.3, -0.25) is 4.79 Å². The fourth-order valence-electron chi connectivity index (χ4n) is 2.79. The van der Waals surface area contributed by atoms with E-state index < -0.39 is 6.10 Å². The Bertz CT molecular complexity index is 978. The number of aryl methyl sites for hydroxylation is 2. The second-order valence-corrected chi connectivity index (χ2v) is 6.92. The van der Waals surface area contributed by atoms with Crippen LogP contribution in [-0.4, -0.2) is 28.9 Å². The standard InChI is InChI=1S/C21H22ClN3O4/c1-5-27-16-8-6-15(7-9-16)19-20(25-29-24-19)23-21(26)14(4)28-17-10-12(2)18(22)13(3)11-17/h6-11,14H,5H2,1-4H3,(H,23,25,26)/t14-/m0/s1. The number of halogens is 1. The molecule has 0 radical (unpaired) electrons. The number of hydrogen-bond acceptors (Lipinski definition) is 6. The molecular formula is C21H22ClN3O4. The molecule has 29 heavy (non-hydrogen) atoms. The number of nitrogens with one attached hydrogen (secondary N) is 1. The Morgan fingerprint density at radius 2 is 1.79 bits per heavy atom. The third-order valence-electron chi connectivity index (χ3n) is 4.26. The first-order valence-electron chi connectivity index (χ1n) is 9.19. The van der Waals surface area contributed by atoms with E-state index in [4.69, 9.17) is 25.7 Å². The minimum absolute atomic E-state index is 0.220. The summed E-state index contributed by atoms with van der Waals surface area (Å²) in [6, 6.07) is 10.9. The first-order chi connectivity index (χ1) is 13.9. The van der Waals surface area contributed by atoms with Crippen molar-refractivity contribution in [1.29, 1.82) is 0 Å². The van der Waals surface area contributed by atoms with Crippen molar-refractivity contribution in [3.05, 3.63) is 52.5 Å². The maximum Gasteiger partial charge on any atom is 0.266 e. The van der Waals surface area contributed by atoms with Crippen molar-refractivity contribution in [2.24, 2.45) is 0 Å². The molecule has 2 aromatic carbocycles. The summed E-state index contributed by atoms with van der Waals surface area (Å²) in [7, 11) is 0. The molecule has 3 rings (SSSR count). The quantitative estimate of drug-likeness (QED) is 0.595. The lowest BCUT2D eigenvalue weighted by Gasteiger charge is -2.15. The molecule has 7 nitrogen and oxygen atoms in total. The number of rotatable bonds is 7. The van der Waals surface area contributed by atoms with Gasteiger partial charge in [0.2, 0.25) is 5.82 Å². The van der Waals surface area contributed by atoms with E-state index in [-0.39, 0.29) is 11.7 Å². The molecule has 1 heterocycles. The van der Waals surface area contributed by atoms with E-state index in [1.54, 1.807) is 19.1 Å². The maximum absolute atomic E-state index is 12.6. The lowest BCUT2D eigenvalue weighted by atomic mass is 10.1. The van der Waals surface area contributed by atoms with Gasteiger partial charge in [0.1, 0.15) is 11.5 Å². The summed E-state index contributed by atoms with van der Waals surface area (Å²) in [5, 5.41) is 11.1. The minimum atomic E-state index is -0.764. The fourth-order valence-corrected chi connectivity index (χ4v) is 2.89. The monoisotopic (exact) mass is 415 g/mol. The van der Waals surface area contributed by atoms with Crippen LogP contribution in [0.2, 0.25) is 5.02 Å². The molecule has 1 aromatic heterocycles. The Labute approximate surface area is 173 Å². The van der Waals surface area contributed by atoms with Crippen LogP contribution in [0.25, 0.3) is 11.3 Å². The third kappa shape index (κ3) is 4.86. The number of carbonyl (C=O) groups is 1. The van der Waals surface area contributed by atoms with Crippen LogP contribution in [0.1, 0.15) is 25.0 Å². The molecule has 0 aliphatic heterocycles. The van der Waals surface area contributed by atoms with Crippen LogP contribution in [0.4, 0.5) is 5.82 Å². The van der Waals surface area contributed by atoms with Crippen molar-refractivity contribution in [3.8, 4) is 22.8 Å². The molecule has 0 aliphatic carbocycles. The van der Waals surface area contributed by atoms with Gasteiger partial charge in [-0.15, -0.1) is 0 Å². The molecule has 3 aromatic rings. The van der Waals surface area contributed by atoms with Crippen LogP contribution >= 0.6 is 11.6 Å². The highest BCUT2D eigenvalue weighted by Crippen LogP contribution is 2.28. The van der Waals surface area contributed by atoms with Gasteiger partial charge in [0, 0.05) is 10.6 Å². The molecule has 0 saturated heterocycles. The van der Waals surface area contributed by atoms with Gasteiger partial charge in [-0.05, 0) is 85.5 Å². The van der Waals surface area contributed by atoms with Gasteiger partial charge in [0.25, 0.3) is 5.91 Å². The number of amides is 1. The topological polar surface area (TPSA) is 86.5 Å². The van der Waals surface area contributed by atoms with Gasteiger partial charge in [-0.2, -0.15) is 0 Å². The van der Waals surface area contributed by atoms with Gasteiger partial charge in [0.15, 0.2) is 11.8 Å². The van der Waals surface area contributed by atoms with Crippen molar-refractivity contribution < 1.29 is 18.9 Å². The zero-order valence-corrected chi connectivity index (χ0v) is 17.4. The summed E-state index contributed by atoms with van der Waals surface area (Å²) in [6.45, 7) is 7.92. The largest absolute Gasteiger partial charge is 0.494 e. The van der Waals surface area contributed by atoms with Gasteiger partial charge in [-0.1, -0.05) is 11.6 Å². The molecule has 1 N–H and O–H groups in total. The fraction of sp³-hybridized carbons (Fsp3) is 0.286. The Kier molecular flexibility index (Phi) is 6.39. The predicted molar refractivity (Wildman–Crippen MR) is 111 cm³/mol. The highest BCUT2D eigenvalue weighted by Gasteiger charge is 2.21. The van der Waals surface area contributed by atoms with Crippen LogP contribution in [0.5, 0.6) is 11.5 Å². The smallest absolute Gasteiger partial charge is 0.266 e. The Hall–Kier alpha value is -3.06. The molecular weight excluding hydrogens is 394 g/mol. The van der Waals surface area contributed by atoms with Crippen LogP contribution in [-0.2, 0) is 4.79 Å². The zero-order valence-electron chi connectivity index (χ0n) is 16.7. The van der Waals surface area contributed by atoms with E-state index >= 15 is 0 Å². The zero-order chi connectivity index (χ0) is 21.0. The van der Waals surface area contributed by atoms with E-state index in [0.717, 1.165) is 22.4 Å². The van der Waals surface area contributed by atoms with Crippen molar-refractivity contribution in [2.45, 2.75) is 33.8 Å². The van der Waals surface area contributed by atoms with Gasteiger partial charge >= 0.3 is 0 Å². The van der Waals surface area contributed by atoms with Crippen LogP contribution in [0.15, 0.2) is 41.0 Å². The number of benzene rings is 2. The summed E-state index contributed by atoms with van der Waals surface area (Å²) in [4.78, 5) is 12.6. The molecule has 0 aliphatic rings. The number of hydrogen-bond donors (Lipinski definition) is 1. The van der Waals surface area contributed by atoms with Crippen LogP contribution in [0, 0.1) is 13.8 Å².